The Balaban J connectivity index is 1.37. The molecule has 0 bridgehead atoms. The molecule has 0 radical (unpaired) electrons. The number of rotatable bonds is 5. The first-order valence-corrected chi connectivity index (χ1v) is 12.6. The minimum atomic E-state index is -0.546. The predicted molar refractivity (Wildman–Crippen MR) is 119 cm³/mol. The molecular formula is C26H39FN2O3. The second-order valence-electron chi connectivity index (χ2n) is 12.0. The molecule has 32 heavy (non-hydrogen) atoms. The summed E-state index contributed by atoms with van der Waals surface area (Å²) in [4.78, 5) is 16.9. The summed E-state index contributed by atoms with van der Waals surface area (Å²) in [6, 6.07) is 0. The topological polar surface area (TPSA) is 64.3 Å². The maximum absolute atomic E-state index is 13.3. The number of halogens is 1. The number of hydrogen-bond donors (Lipinski definition) is 1. The lowest BCUT2D eigenvalue weighted by atomic mass is 9.43. The van der Waals surface area contributed by atoms with Crippen molar-refractivity contribution in [3.05, 3.63) is 18.5 Å². The van der Waals surface area contributed by atoms with Crippen LogP contribution in [-0.2, 0) is 16.1 Å². The minimum absolute atomic E-state index is 0.0403. The van der Waals surface area contributed by atoms with Crippen molar-refractivity contribution in [3.8, 4) is 0 Å². The Bertz CT molecular complexity index is 869. The molecule has 0 aromatic carbocycles. The number of carbonyl (C=O) groups excluding carboxylic acids is 1. The van der Waals surface area contributed by atoms with Crippen molar-refractivity contribution in [2.75, 3.05) is 13.7 Å². The third-order valence-electron chi connectivity index (χ3n) is 10.4. The highest BCUT2D eigenvalue weighted by Crippen LogP contribution is 2.68. The lowest BCUT2D eigenvalue weighted by Gasteiger charge is -2.62. The Labute approximate surface area is 191 Å². The van der Waals surface area contributed by atoms with E-state index in [0.29, 0.717) is 23.7 Å². The van der Waals surface area contributed by atoms with Gasteiger partial charge in [-0.3, -0.25) is 4.79 Å². The predicted octanol–water partition coefficient (Wildman–Crippen LogP) is 4.63. The van der Waals surface area contributed by atoms with E-state index in [-0.39, 0.29) is 29.1 Å². The lowest BCUT2D eigenvalue weighted by molar-refractivity contribution is -0.175. The highest BCUT2D eigenvalue weighted by atomic mass is 19.1. The van der Waals surface area contributed by atoms with Crippen LogP contribution < -0.4 is 0 Å². The molecule has 5 rings (SSSR count). The van der Waals surface area contributed by atoms with Crippen LogP contribution in [0, 0.1) is 46.4 Å². The Morgan fingerprint density at radius 1 is 1.19 bits per heavy atom. The van der Waals surface area contributed by atoms with Crippen molar-refractivity contribution in [3.63, 3.8) is 0 Å². The quantitative estimate of drug-likeness (QED) is 0.716. The fourth-order valence-corrected chi connectivity index (χ4v) is 9.02. The molecule has 5 nitrogen and oxygen atoms in total. The Morgan fingerprint density at radius 3 is 2.72 bits per heavy atom. The van der Waals surface area contributed by atoms with Gasteiger partial charge in [-0.15, -0.1) is 0 Å². The molecule has 1 N–H and O–H groups in total. The third kappa shape index (κ3) is 3.48. The van der Waals surface area contributed by atoms with Gasteiger partial charge in [0, 0.05) is 13.0 Å². The smallest absolute Gasteiger partial charge is 0.230 e. The van der Waals surface area contributed by atoms with Gasteiger partial charge in [-0.2, -0.15) is 4.39 Å². The van der Waals surface area contributed by atoms with Crippen LogP contribution >= 0.6 is 0 Å². The highest BCUT2D eigenvalue weighted by molar-refractivity contribution is 5.82. The number of ether oxygens (including phenoxy) is 1. The van der Waals surface area contributed by atoms with Gasteiger partial charge >= 0.3 is 0 Å². The molecule has 0 spiro atoms. The van der Waals surface area contributed by atoms with E-state index in [1.165, 1.54) is 25.4 Å². The van der Waals surface area contributed by atoms with Crippen LogP contribution in [0.15, 0.2) is 12.5 Å². The van der Waals surface area contributed by atoms with Gasteiger partial charge in [0.15, 0.2) is 5.78 Å². The lowest BCUT2D eigenvalue weighted by Crippen LogP contribution is -2.58. The number of ketones is 1. The molecule has 1 aromatic rings. The zero-order valence-corrected chi connectivity index (χ0v) is 19.9. The maximum atomic E-state index is 13.3. The fourth-order valence-electron chi connectivity index (χ4n) is 9.02. The van der Waals surface area contributed by atoms with Gasteiger partial charge in [0.25, 0.3) is 0 Å². The van der Waals surface area contributed by atoms with Gasteiger partial charge in [-0.25, -0.2) is 4.98 Å². The monoisotopic (exact) mass is 446 g/mol. The van der Waals surface area contributed by atoms with Crippen molar-refractivity contribution in [2.24, 2.45) is 40.4 Å². The number of Topliss-reactive ketones (excluding diaryl/α,β-unsaturated/α-hetero) is 1. The molecule has 8 atom stereocenters. The summed E-state index contributed by atoms with van der Waals surface area (Å²) < 4.78 is 20.7. The second kappa shape index (κ2) is 7.90. The molecule has 6 heteroatoms. The van der Waals surface area contributed by atoms with E-state index in [1.54, 1.807) is 4.57 Å². The van der Waals surface area contributed by atoms with E-state index >= 15 is 0 Å². The van der Waals surface area contributed by atoms with E-state index in [2.05, 4.69) is 11.9 Å². The van der Waals surface area contributed by atoms with Crippen molar-refractivity contribution < 1.29 is 19.0 Å². The molecule has 0 saturated heterocycles. The van der Waals surface area contributed by atoms with Crippen molar-refractivity contribution in [2.45, 2.75) is 83.8 Å². The van der Waals surface area contributed by atoms with E-state index in [0.717, 1.165) is 51.6 Å². The number of hydrogen-bond acceptors (Lipinski definition) is 4. The van der Waals surface area contributed by atoms with Gasteiger partial charge in [0.2, 0.25) is 5.95 Å². The fraction of sp³-hybridized carbons (Fsp3) is 0.846. The molecule has 1 heterocycles. The average Bonchev–Trinajstić information content (AvgIpc) is 3.30. The van der Waals surface area contributed by atoms with E-state index in [9.17, 15) is 14.3 Å². The Hall–Kier alpha value is -1.27. The SMILES string of the molecule is COC[C@]12CC[C@@](C)(O)C[C@@H]1CC[C@H]1[C@@H]3CC[C@H](C(=O)Cn4cnc(F)c4)[C@@]3(C)CC[C@@H]12. The summed E-state index contributed by atoms with van der Waals surface area (Å²) in [6.45, 7) is 5.39. The van der Waals surface area contributed by atoms with E-state index in [4.69, 9.17) is 4.74 Å². The van der Waals surface area contributed by atoms with Gasteiger partial charge in [-0.05, 0) is 99.2 Å². The molecule has 1 aromatic heterocycles. The molecule has 4 aliphatic rings. The zero-order valence-electron chi connectivity index (χ0n) is 19.9. The van der Waals surface area contributed by atoms with E-state index in [1.807, 2.05) is 14.0 Å². The number of imidazole rings is 1. The number of nitrogens with zero attached hydrogens (tertiary/aromatic N) is 2. The third-order valence-corrected chi connectivity index (χ3v) is 10.4. The largest absolute Gasteiger partial charge is 0.390 e. The molecule has 0 aliphatic heterocycles. The van der Waals surface area contributed by atoms with Gasteiger partial charge < -0.3 is 14.4 Å². The first-order valence-electron chi connectivity index (χ1n) is 12.6. The first kappa shape index (κ1) is 22.5. The molecule has 4 fully saturated rings. The van der Waals surface area contributed by atoms with Crippen LogP contribution in [0.2, 0.25) is 0 Å². The van der Waals surface area contributed by atoms with Crippen LogP contribution in [-0.4, -0.2) is 39.8 Å². The van der Waals surface area contributed by atoms with Gasteiger partial charge in [0.05, 0.1) is 31.3 Å². The normalized spacial score (nSPS) is 45.7. The summed E-state index contributed by atoms with van der Waals surface area (Å²) in [5.41, 5.74) is -0.327. The number of carbonyl (C=O) groups is 1. The van der Waals surface area contributed by atoms with Crippen LogP contribution in [0.5, 0.6) is 0 Å². The zero-order chi connectivity index (χ0) is 22.7. The average molecular weight is 447 g/mol. The summed E-state index contributed by atoms with van der Waals surface area (Å²) in [7, 11) is 1.83. The molecule has 178 valence electrons. The standard InChI is InChI=1S/C26H39FN2O3/c1-24(31)10-11-26(15-32-3)17(12-24)4-5-18-19-6-7-21(25(19,2)9-8-20(18)26)22(30)13-29-14-23(27)28-16-29/h14,16-21,31H,4-13,15H2,1-3H3/t17-,18-,19-,20-,21+,24+,25-,26+/m0/s1. The molecule has 4 saturated carbocycles. The number of methoxy groups -OCH3 is 1. The minimum Gasteiger partial charge on any atom is -0.390 e. The van der Waals surface area contributed by atoms with Crippen molar-refractivity contribution in [1.82, 2.24) is 9.55 Å². The van der Waals surface area contributed by atoms with Gasteiger partial charge in [-0.1, -0.05) is 6.92 Å². The Kier molecular flexibility index (Phi) is 5.56. The first-order chi connectivity index (χ1) is 15.2. The Morgan fingerprint density at radius 2 is 2.00 bits per heavy atom. The van der Waals surface area contributed by atoms with Crippen LogP contribution in [0.25, 0.3) is 0 Å². The van der Waals surface area contributed by atoms with Crippen LogP contribution in [0.4, 0.5) is 4.39 Å². The number of aromatic nitrogens is 2. The molecule has 4 aliphatic carbocycles. The molecular weight excluding hydrogens is 407 g/mol. The maximum Gasteiger partial charge on any atom is 0.230 e. The summed E-state index contributed by atoms with van der Waals surface area (Å²) in [5, 5.41) is 10.8. The van der Waals surface area contributed by atoms with Gasteiger partial charge in [0.1, 0.15) is 0 Å². The second-order valence-corrected chi connectivity index (χ2v) is 12.0. The van der Waals surface area contributed by atoms with Crippen LogP contribution in [0.1, 0.15) is 71.6 Å². The number of aliphatic hydroxyl groups is 1. The molecule has 0 amide bonds. The summed E-state index contributed by atoms with van der Waals surface area (Å²) in [6.07, 6.45) is 12.2. The van der Waals surface area contributed by atoms with Crippen molar-refractivity contribution >= 4 is 5.78 Å². The van der Waals surface area contributed by atoms with Crippen LogP contribution in [0.3, 0.4) is 0 Å². The summed E-state index contributed by atoms with van der Waals surface area (Å²) >= 11 is 0. The van der Waals surface area contributed by atoms with E-state index < -0.39 is 11.5 Å². The highest BCUT2D eigenvalue weighted by Gasteiger charge is 2.63. The number of fused-ring (bicyclic) bond motifs is 5. The molecule has 0 unspecified atom stereocenters. The summed E-state index contributed by atoms with van der Waals surface area (Å²) in [5.74, 6) is 2.15. The van der Waals surface area contributed by atoms with Crippen molar-refractivity contribution in [1.29, 1.82) is 0 Å².